The number of H-pyrrole nitrogens is 1. The van der Waals surface area contributed by atoms with Gasteiger partial charge in [0.15, 0.2) is 0 Å². The smallest absolute Gasteiger partial charge is 0.352 e. The third-order valence-corrected chi connectivity index (χ3v) is 6.48. The molecule has 0 aromatic carbocycles. The molecule has 0 spiro atoms. The molecule has 0 radical (unpaired) electrons. The van der Waals surface area contributed by atoms with Gasteiger partial charge in [-0.15, -0.1) is 0 Å². The summed E-state index contributed by atoms with van der Waals surface area (Å²) in [7, 11) is -3.77. The molecule has 8 heteroatoms. The number of hydrogen-bond acceptors (Lipinski definition) is 4. The summed E-state index contributed by atoms with van der Waals surface area (Å²) in [5.74, 6) is -0.984. The van der Waals surface area contributed by atoms with Crippen molar-refractivity contribution in [3.05, 3.63) is 17.0 Å². The minimum Gasteiger partial charge on any atom is -0.477 e. The highest BCUT2D eigenvalue weighted by Gasteiger charge is 2.55. The molecule has 1 saturated carbocycles. The zero-order valence-corrected chi connectivity index (χ0v) is 12.7. The van der Waals surface area contributed by atoms with Crippen molar-refractivity contribution in [3.63, 3.8) is 0 Å². The summed E-state index contributed by atoms with van der Waals surface area (Å²) in [6, 6.07) is 0. The molecule has 2 aliphatic rings. The Labute approximate surface area is 122 Å². The zero-order chi connectivity index (χ0) is 15.6. The van der Waals surface area contributed by atoms with Gasteiger partial charge >= 0.3 is 5.97 Å². The van der Waals surface area contributed by atoms with Gasteiger partial charge in [0.2, 0.25) is 10.0 Å². The predicted molar refractivity (Wildman–Crippen MR) is 73.7 cm³/mol. The van der Waals surface area contributed by atoms with Gasteiger partial charge in [0.05, 0.1) is 5.60 Å². The van der Waals surface area contributed by atoms with E-state index in [-0.39, 0.29) is 35.2 Å². The van der Waals surface area contributed by atoms with Gasteiger partial charge in [-0.25, -0.2) is 13.2 Å². The maximum absolute atomic E-state index is 12.6. The molecule has 0 bridgehead atoms. The molecule has 1 saturated heterocycles. The second-order valence-electron chi connectivity index (χ2n) is 6.04. The summed E-state index contributed by atoms with van der Waals surface area (Å²) in [4.78, 5) is 13.7. The van der Waals surface area contributed by atoms with Gasteiger partial charge in [0.25, 0.3) is 0 Å². The standard InChI is InChI=1S/C13H18N2O5S/c1-7-10(12(16)17)14-8(2)11(7)21(19,20)15-5-13(18,6-15)9-3-4-9/h9,14,18H,3-6H2,1-2H3,(H,16,17). The largest absolute Gasteiger partial charge is 0.477 e. The second kappa shape index (κ2) is 4.31. The fourth-order valence-corrected chi connectivity index (χ4v) is 5.05. The monoisotopic (exact) mass is 314 g/mol. The van der Waals surface area contributed by atoms with Crippen LogP contribution in [0.25, 0.3) is 0 Å². The Morgan fingerprint density at radius 2 is 1.90 bits per heavy atom. The number of nitrogens with zero attached hydrogens (tertiary/aromatic N) is 1. The fraction of sp³-hybridized carbons (Fsp3) is 0.615. The first kappa shape index (κ1) is 14.6. The highest BCUT2D eigenvalue weighted by atomic mass is 32.2. The van der Waals surface area contributed by atoms with Crippen LogP contribution in [0.5, 0.6) is 0 Å². The average Bonchev–Trinajstić information content (AvgIpc) is 3.11. The third-order valence-electron chi connectivity index (χ3n) is 4.42. The molecule has 1 aliphatic carbocycles. The topological polar surface area (TPSA) is 111 Å². The van der Waals surface area contributed by atoms with Crippen molar-refractivity contribution >= 4 is 16.0 Å². The van der Waals surface area contributed by atoms with Gasteiger partial charge in [-0.1, -0.05) is 0 Å². The molecule has 21 heavy (non-hydrogen) atoms. The lowest BCUT2D eigenvalue weighted by molar-refractivity contribution is -0.0765. The fourth-order valence-electron chi connectivity index (χ4n) is 3.08. The third kappa shape index (κ3) is 2.09. The molecule has 1 aromatic heterocycles. The van der Waals surface area contributed by atoms with Gasteiger partial charge in [-0.3, -0.25) is 0 Å². The van der Waals surface area contributed by atoms with Gasteiger partial charge in [-0.2, -0.15) is 4.31 Å². The zero-order valence-electron chi connectivity index (χ0n) is 11.9. The molecule has 116 valence electrons. The van der Waals surface area contributed by atoms with Crippen LogP contribution in [0.15, 0.2) is 4.90 Å². The van der Waals surface area contributed by atoms with Crippen LogP contribution in [0.3, 0.4) is 0 Å². The number of aromatic amines is 1. The van der Waals surface area contributed by atoms with Crippen LogP contribution in [-0.2, 0) is 10.0 Å². The molecule has 2 fully saturated rings. The summed E-state index contributed by atoms with van der Waals surface area (Å²) >= 11 is 0. The van der Waals surface area contributed by atoms with Crippen molar-refractivity contribution in [3.8, 4) is 0 Å². The molecule has 2 heterocycles. The SMILES string of the molecule is Cc1[nH]c(C(=O)O)c(C)c1S(=O)(=O)N1CC(O)(C2CC2)C1. The number of β-amino-alcohol motifs (C(OH)–C–C–N with tert-alkyl or cyclic N) is 1. The number of aromatic carboxylic acids is 1. The van der Waals surface area contributed by atoms with Crippen molar-refractivity contribution in [1.29, 1.82) is 0 Å². The predicted octanol–water partition coefficient (Wildman–Crippen LogP) is 0.475. The summed E-state index contributed by atoms with van der Waals surface area (Å²) in [5.41, 5.74) is -0.487. The van der Waals surface area contributed by atoms with Crippen molar-refractivity contribution < 1.29 is 23.4 Å². The Kier molecular flexibility index (Phi) is 2.99. The average molecular weight is 314 g/mol. The van der Waals surface area contributed by atoms with E-state index in [4.69, 9.17) is 5.11 Å². The number of nitrogens with one attached hydrogen (secondary N) is 1. The Bertz CT molecular complexity index is 711. The Morgan fingerprint density at radius 3 is 2.33 bits per heavy atom. The van der Waals surface area contributed by atoms with Crippen molar-refractivity contribution in [2.45, 2.75) is 37.2 Å². The Morgan fingerprint density at radius 1 is 1.33 bits per heavy atom. The number of aromatic nitrogens is 1. The van der Waals surface area contributed by atoms with E-state index in [0.29, 0.717) is 5.69 Å². The molecular formula is C13H18N2O5S. The van der Waals surface area contributed by atoms with E-state index in [2.05, 4.69) is 4.98 Å². The lowest BCUT2D eigenvalue weighted by Gasteiger charge is -2.45. The number of carboxylic acid groups (broad SMARTS) is 1. The molecular weight excluding hydrogens is 296 g/mol. The second-order valence-corrected chi connectivity index (χ2v) is 7.91. The van der Waals surface area contributed by atoms with E-state index in [1.54, 1.807) is 6.92 Å². The van der Waals surface area contributed by atoms with Gasteiger partial charge in [0.1, 0.15) is 10.6 Å². The van der Waals surface area contributed by atoms with E-state index in [1.165, 1.54) is 11.2 Å². The normalized spacial score (nSPS) is 22.0. The number of hydrogen-bond donors (Lipinski definition) is 3. The number of aliphatic hydroxyl groups is 1. The van der Waals surface area contributed by atoms with Crippen LogP contribution in [0.4, 0.5) is 0 Å². The molecule has 3 N–H and O–H groups in total. The van der Waals surface area contributed by atoms with Gasteiger partial charge in [0, 0.05) is 24.3 Å². The molecule has 0 atom stereocenters. The molecule has 7 nitrogen and oxygen atoms in total. The molecule has 1 aliphatic heterocycles. The van der Waals surface area contributed by atoms with Gasteiger partial charge < -0.3 is 15.2 Å². The van der Waals surface area contributed by atoms with Crippen molar-refractivity contribution in [2.75, 3.05) is 13.1 Å². The summed E-state index contributed by atoms with van der Waals surface area (Å²) in [6.07, 6.45) is 1.88. The van der Waals surface area contributed by atoms with Crippen LogP contribution in [-0.4, -0.2) is 52.6 Å². The highest BCUT2D eigenvalue weighted by Crippen LogP contribution is 2.46. The Hall–Kier alpha value is -1.38. The van der Waals surface area contributed by atoms with Gasteiger partial charge in [-0.05, 0) is 32.6 Å². The number of rotatable bonds is 4. The number of aryl methyl sites for hydroxylation is 1. The van der Waals surface area contributed by atoms with Crippen LogP contribution in [0, 0.1) is 19.8 Å². The van der Waals surface area contributed by atoms with Crippen LogP contribution < -0.4 is 0 Å². The molecule has 0 amide bonds. The quantitative estimate of drug-likeness (QED) is 0.748. The molecule has 3 rings (SSSR count). The van der Waals surface area contributed by atoms with E-state index < -0.39 is 21.6 Å². The lowest BCUT2D eigenvalue weighted by atomic mass is 9.91. The van der Waals surface area contributed by atoms with Crippen LogP contribution in [0.1, 0.15) is 34.6 Å². The summed E-state index contributed by atoms with van der Waals surface area (Å²) in [6.45, 7) is 3.20. The molecule has 1 aromatic rings. The van der Waals surface area contributed by atoms with Crippen LogP contribution >= 0.6 is 0 Å². The highest BCUT2D eigenvalue weighted by molar-refractivity contribution is 7.89. The van der Waals surface area contributed by atoms with Crippen LogP contribution in [0.2, 0.25) is 0 Å². The minimum atomic E-state index is -3.77. The maximum atomic E-state index is 12.6. The lowest BCUT2D eigenvalue weighted by Crippen LogP contribution is -2.64. The van der Waals surface area contributed by atoms with Crippen molar-refractivity contribution in [2.24, 2.45) is 5.92 Å². The number of carboxylic acids is 1. The van der Waals surface area contributed by atoms with E-state index in [1.807, 2.05) is 0 Å². The minimum absolute atomic E-state index is 0.0118. The summed E-state index contributed by atoms with van der Waals surface area (Å²) < 4.78 is 26.5. The van der Waals surface area contributed by atoms with E-state index in [9.17, 15) is 18.3 Å². The maximum Gasteiger partial charge on any atom is 0.352 e. The van der Waals surface area contributed by atoms with Crippen molar-refractivity contribution in [1.82, 2.24) is 9.29 Å². The number of sulfonamides is 1. The van der Waals surface area contributed by atoms with E-state index >= 15 is 0 Å². The Balaban J connectivity index is 1.91. The molecule has 0 unspecified atom stereocenters. The van der Waals surface area contributed by atoms with E-state index in [0.717, 1.165) is 12.8 Å². The number of carbonyl (C=O) groups is 1. The first-order chi connectivity index (χ1) is 9.67. The summed E-state index contributed by atoms with van der Waals surface area (Å²) in [5, 5.41) is 19.3. The first-order valence-corrected chi connectivity index (χ1v) is 8.26. The first-order valence-electron chi connectivity index (χ1n) is 6.82.